The van der Waals surface area contributed by atoms with Gasteiger partial charge in [0.1, 0.15) is 5.84 Å². The van der Waals surface area contributed by atoms with E-state index >= 15 is 0 Å². The molecular formula is C23H26N6O2. The predicted molar refractivity (Wildman–Crippen MR) is 121 cm³/mol. The van der Waals surface area contributed by atoms with Gasteiger partial charge in [-0.3, -0.25) is 4.99 Å². The minimum Gasteiger partial charge on any atom is -0.356 e. The van der Waals surface area contributed by atoms with E-state index in [-0.39, 0.29) is 0 Å². The molecule has 8 heteroatoms. The van der Waals surface area contributed by atoms with Crippen molar-refractivity contribution in [3.63, 3.8) is 0 Å². The highest BCUT2D eigenvalue weighted by atomic mass is 16.6. The number of aliphatic imine (C=N–C) groups is 2. The number of benzene rings is 2. The summed E-state index contributed by atoms with van der Waals surface area (Å²) in [4.78, 5) is 11.3. The van der Waals surface area contributed by atoms with Crippen LogP contribution in [-0.2, 0) is 17.8 Å². The van der Waals surface area contributed by atoms with Gasteiger partial charge in [0.15, 0.2) is 5.84 Å². The Hall–Kier alpha value is -3.07. The van der Waals surface area contributed by atoms with E-state index in [1.54, 1.807) is 0 Å². The van der Waals surface area contributed by atoms with Gasteiger partial charge in [-0.15, -0.1) is 0 Å². The SMILES string of the molecule is COC(O)N1Cc2ccc(C3=NCCC(Nc4ccc(C5C=NNC5)cc4)=N3)cc2C1. The minimum atomic E-state index is -0.889. The molecule has 160 valence electrons. The van der Waals surface area contributed by atoms with E-state index in [0.29, 0.717) is 25.6 Å². The molecule has 0 fully saturated rings. The largest absolute Gasteiger partial charge is 0.356 e. The molecule has 2 aromatic carbocycles. The average Bonchev–Trinajstić information content (AvgIpc) is 3.49. The fourth-order valence-electron chi connectivity index (χ4n) is 4.13. The number of hydrogen-bond acceptors (Lipinski definition) is 8. The fourth-order valence-corrected chi connectivity index (χ4v) is 4.13. The quantitative estimate of drug-likeness (QED) is 0.648. The Morgan fingerprint density at radius 3 is 2.77 bits per heavy atom. The molecule has 0 aliphatic carbocycles. The molecule has 2 unspecified atom stereocenters. The van der Waals surface area contributed by atoms with Crippen molar-refractivity contribution in [1.82, 2.24) is 10.3 Å². The zero-order valence-electron chi connectivity index (χ0n) is 17.5. The van der Waals surface area contributed by atoms with Gasteiger partial charge in [0, 0.05) is 63.1 Å². The Labute approximate surface area is 181 Å². The van der Waals surface area contributed by atoms with E-state index in [0.717, 1.165) is 35.9 Å². The van der Waals surface area contributed by atoms with Crippen LogP contribution in [0.5, 0.6) is 0 Å². The number of nitrogens with one attached hydrogen (secondary N) is 2. The van der Waals surface area contributed by atoms with Crippen LogP contribution in [-0.4, -0.2) is 54.5 Å². The Kier molecular flexibility index (Phi) is 5.50. The van der Waals surface area contributed by atoms with Crippen molar-refractivity contribution in [2.45, 2.75) is 31.8 Å². The number of rotatable bonds is 5. The molecular weight excluding hydrogens is 392 g/mol. The van der Waals surface area contributed by atoms with Gasteiger partial charge in [-0.25, -0.2) is 9.89 Å². The van der Waals surface area contributed by atoms with E-state index in [2.05, 4.69) is 63.3 Å². The maximum atomic E-state index is 9.94. The molecule has 2 aromatic rings. The number of hydrogen-bond donors (Lipinski definition) is 3. The lowest BCUT2D eigenvalue weighted by molar-refractivity contribution is -0.179. The molecule has 3 heterocycles. The smallest absolute Gasteiger partial charge is 0.216 e. The van der Waals surface area contributed by atoms with Crippen LogP contribution < -0.4 is 10.7 Å². The van der Waals surface area contributed by atoms with Crippen LogP contribution in [0.25, 0.3) is 0 Å². The summed E-state index contributed by atoms with van der Waals surface area (Å²) in [6.07, 6.45) is 1.84. The maximum absolute atomic E-state index is 9.94. The van der Waals surface area contributed by atoms with Crippen LogP contribution in [0.4, 0.5) is 5.69 Å². The highest BCUT2D eigenvalue weighted by Gasteiger charge is 2.25. The third-order valence-electron chi connectivity index (χ3n) is 5.87. The van der Waals surface area contributed by atoms with E-state index < -0.39 is 6.41 Å². The van der Waals surface area contributed by atoms with Gasteiger partial charge in [0.25, 0.3) is 0 Å². The molecule has 3 N–H and O–H groups in total. The molecule has 8 nitrogen and oxygen atoms in total. The minimum absolute atomic E-state index is 0.334. The number of nitrogens with zero attached hydrogens (tertiary/aromatic N) is 4. The number of fused-ring (bicyclic) bond motifs is 1. The Balaban J connectivity index is 1.28. The van der Waals surface area contributed by atoms with Crippen molar-refractivity contribution in [1.29, 1.82) is 0 Å². The normalized spacial score (nSPS) is 21.3. The van der Waals surface area contributed by atoms with Crippen LogP contribution in [0.3, 0.4) is 0 Å². The van der Waals surface area contributed by atoms with E-state index in [4.69, 9.17) is 9.73 Å². The van der Waals surface area contributed by atoms with Crippen molar-refractivity contribution in [2.75, 3.05) is 25.5 Å². The van der Waals surface area contributed by atoms with Crippen molar-refractivity contribution < 1.29 is 9.84 Å². The molecule has 31 heavy (non-hydrogen) atoms. The van der Waals surface area contributed by atoms with E-state index in [1.807, 2.05) is 11.1 Å². The van der Waals surface area contributed by atoms with Gasteiger partial charge in [0.05, 0.1) is 0 Å². The van der Waals surface area contributed by atoms with Crippen LogP contribution in [0.1, 0.15) is 34.6 Å². The molecule has 3 aliphatic heterocycles. The highest BCUT2D eigenvalue weighted by Crippen LogP contribution is 2.26. The molecule has 0 bridgehead atoms. The standard InChI is InChI=1S/C23H26N6O2/c1-31-23(30)29-13-17-3-2-16(10-18(17)14-29)22-24-9-8-21(28-22)27-20-6-4-15(5-7-20)19-11-25-26-12-19/h2-7,10-11,19,23,26,30H,8-9,12-14H2,1H3,(H,24,27,28). The van der Waals surface area contributed by atoms with Crippen molar-refractivity contribution in [3.8, 4) is 0 Å². The number of hydrazone groups is 1. The van der Waals surface area contributed by atoms with Crippen molar-refractivity contribution in [2.24, 2.45) is 15.1 Å². The third kappa shape index (κ3) is 4.23. The summed E-state index contributed by atoms with van der Waals surface area (Å²) in [5, 5.41) is 17.5. The molecule has 2 atom stereocenters. The summed E-state index contributed by atoms with van der Waals surface area (Å²) in [7, 11) is 1.51. The predicted octanol–water partition coefficient (Wildman–Crippen LogP) is 2.26. The molecule has 0 radical (unpaired) electrons. The summed E-state index contributed by atoms with van der Waals surface area (Å²) in [6, 6.07) is 14.7. The zero-order valence-corrected chi connectivity index (χ0v) is 17.5. The van der Waals surface area contributed by atoms with Crippen molar-refractivity contribution in [3.05, 3.63) is 64.7 Å². The van der Waals surface area contributed by atoms with Gasteiger partial charge >= 0.3 is 0 Å². The highest BCUT2D eigenvalue weighted by molar-refractivity contribution is 6.11. The first kappa shape index (κ1) is 19.9. The Morgan fingerprint density at radius 1 is 1.16 bits per heavy atom. The number of methoxy groups -OCH3 is 1. The Morgan fingerprint density at radius 2 is 2.00 bits per heavy atom. The molecule has 0 aromatic heterocycles. The molecule has 3 aliphatic rings. The fraction of sp³-hybridized carbons (Fsp3) is 0.348. The van der Waals surface area contributed by atoms with Gasteiger partial charge in [-0.2, -0.15) is 5.10 Å². The lowest BCUT2D eigenvalue weighted by atomic mass is 10.0. The lowest BCUT2D eigenvalue weighted by Crippen LogP contribution is -2.31. The Bertz CT molecular complexity index is 1050. The summed E-state index contributed by atoms with van der Waals surface area (Å²) < 4.78 is 5.04. The first-order valence-electron chi connectivity index (χ1n) is 10.5. The van der Waals surface area contributed by atoms with Gasteiger partial charge in [-0.1, -0.05) is 24.3 Å². The molecule has 0 saturated carbocycles. The summed E-state index contributed by atoms with van der Waals surface area (Å²) in [6.45, 7) is 2.87. The van der Waals surface area contributed by atoms with Gasteiger partial charge < -0.3 is 20.6 Å². The second-order valence-electron chi connectivity index (χ2n) is 7.96. The number of anilines is 1. The van der Waals surface area contributed by atoms with Crippen LogP contribution >= 0.6 is 0 Å². The molecule has 0 saturated heterocycles. The zero-order chi connectivity index (χ0) is 21.2. The first-order chi connectivity index (χ1) is 15.2. The number of aliphatic hydroxyl groups is 1. The number of amidine groups is 2. The van der Waals surface area contributed by atoms with Gasteiger partial charge in [-0.05, 0) is 34.9 Å². The summed E-state index contributed by atoms with van der Waals surface area (Å²) in [5.74, 6) is 1.99. The second kappa shape index (κ2) is 8.58. The van der Waals surface area contributed by atoms with E-state index in [1.165, 1.54) is 23.8 Å². The molecule has 0 amide bonds. The van der Waals surface area contributed by atoms with Crippen LogP contribution in [0, 0.1) is 0 Å². The number of ether oxygens (including phenoxy) is 1. The monoisotopic (exact) mass is 418 g/mol. The lowest BCUT2D eigenvalue weighted by Gasteiger charge is -2.19. The molecule has 0 spiro atoms. The molecule has 5 rings (SSSR count). The average molecular weight is 419 g/mol. The number of aliphatic hydroxyl groups excluding tert-OH is 1. The first-order valence-corrected chi connectivity index (χ1v) is 10.5. The topological polar surface area (TPSA) is 93.8 Å². The maximum Gasteiger partial charge on any atom is 0.216 e. The van der Waals surface area contributed by atoms with Gasteiger partial charge in [0.2, 0.25) is 6.41 Å². The van der Waals surface area contributed by atoms with Crippen molar-refractivity contribution >= 4 is 23.6 Å². The summed E-state index contributed by atoms with van der Waals surface area (Å²) >= 11 is 0. The van der Waals surface area contributed by atoms with Crippen LogP contribution in [0.2, 0.25) is 0 Å². The second-order valence-corrected chi connectivity index (χ2v) is 7.96. The van der Waals surface area contributed by atoms with Crippen LogP contribution in [0.15, 0.2) is 57.6 Å². The third-order valence-corrected chi connectivity index (χ3v) is 5.87. The summed E-state index contributed by atoms with van der Waals surface area (Å²) in [5.41, 5.74) is 8.63. The van der Waals surface area contributed by atoms with E-state index in [9.17, 15) is 5.11 Å².